The molecule has 1 saturated carbocycles. The lowest BCUT2D eigenvalue weighted by atomic mass is 10.0. The monoisotopic (exact) mass is 868 g/mol. The van der Waals surface area contributed by atoms with Crippen molar-refractivity contribution in [1.29, 1.82) is 0 Å². The van der Waals surface area contributed by atoms with E-state index in [0.717, 1.165) is 107 Å². The Morgan fingerprint density at radius 3 is 2.31 bits per heavy atom. The number of amides is 3. The third-order valence-corrected chi connectivity index (χ3v) is 12.2. The lowest BCUT2D eigenvalue weighted by Crippen LogP contribution is -2.49. The number of alkyl halides is 1. The summed E-state index contributed by atoms with van der Waals surface area (Å²) in [6, 6.07) is 9.41. The highest BCUT2D eigenvalue weighted by atomic mass is 35.5. The van der Waals surface area contributed by atoms with E-state index < -0.39 is 0 Å². The fourth-order valence-electron chi connectivity index (χ4n) is 8.73. The number of rotatable bonds is 18. The van der Waals surface area contributed by atoms with Gasteiger partial charge >= 0.3 is 0 Å². The van der Waals surface area contributed by atoms with Crippen LogP contribution in [-0.2, 0) is 20.8 Å². The number of ether oxygens (including phenoxy) is 1. The zero-order valence-electron chi connectivity index (χ0n) is 35.7. The summed E-state index contributed by atoms with van der Waals surface area (Å²) in [4.78, 5) is 83.2. The molecule has 16 nitrogen and oxygen atoms in total. The van der Waals surface area contributed by atoms with Gasteiger partial charge < -0.3 is 30.5 Å². The van der Waals surface area contributed by atoms with E-state index in [4.69, 9.17) is 26.3 Å². The summed E-state index contributed by atoms with van der Waals surface area (Å²) >= 11 is 5.76. The van der Waals surface area contributed by atoms with Gasteiger partial charge in [-0.1, -0.05) is 25.7 Å². The molecule has 1 aromatic carbocycles. The molecule has 17 heteroatoms. The topological polar surface area (TPSA) is 184 Å². The van der Waals surface area contributed by atoms with Crippen LogP contribution in [0.1, 0.15) is 92.2 Å². The first-order valence-corrected chi connectivity index (χ1v) is 22.4. The van der Waals surface area contributed by atoms with Crippen molar-refractivity contribution in [2.24, 2.45) is 0 Å². The first-order valence-electron chi connectivity index (χ1n) is 21.9. The van der Waals surface area contributed by atoms with Gasteiger partial charge in [0, 0.05) is 69.1 Å². The number of Topliss-reactive ketones (excluding diaryl/α,β-unsaturated/α-hetero) is 1. The van der Waals surface area contributed by atoms with Crippen LogP contribution in [0.5, 0.6) is 5.75 Å². The molecule has 0 spiro atoms. The highest BCUT2D eigenvalue weighted by Gasteiger charge is 2.27. The molecule has 3 aliphatic rings. The number of fused-ring (bicyclic) bond motifs is 2. The van der Waals surface area contributed by atoms with Crippen molar-refractivity contribution in [3.05, 3.63) is 69.8 Å². The highest BCUT2D eigenvalue weighted by molar-refractivity contribution is 6.29. The van der Waals surface area contributed by atoms with E-state index in [1.54, 1.807) is 34.9 Å². The van der Waals surface area contributed by atoms with Gasteiger partial charge in [0.2, 0.25) is 17.8 Å². The van der Waals surface area contributed by atoms with Crippen LogP contribution in [0, 0.1) is 6.92 Å². The largest absolute Gasteiger partial charge is 0.484 e. The number of ketones is 1. The number of anilines is 4. The maximum atomic E-state index is 13.6. The van der Waals surface area contributed by atoms with Gasteiger partial charge in [0.25, 0.3) is 11.5 Å². The molecule has 330 valence electrons. The molecule has 0 radical (unpaired) electrons. The first kappa shape index (κ1) is 44.4. The molecular formula is C45H57ClN10O6. The van der Waals surface area contributed by atoms with Crippen molar-refractivity contribution in [1.82, 2.24) is 35.1 Å². The average molecular weight is 869 g/mol. The molecule has 2 aliphatic heterocycles. The minimum Gasteiger partial charge on any atom is -0.484 e. The second-order valence-corrected chi connectivity index (χ2v) is 16.6. The standard InChI is InChI=1S/C45H57ClN10O6/c1-30-36-27-50-45(52-43(36)56(34-11-5-6-12-34)44(61)42(30)31(2)57)51-33-13-16-38(49-26-33)54-22-20-53(21-23-54)28-39(58)47-17-7-3-4-8-18-48-40(59)29-62-35-14-15-37-32(24-35)10-9-19-55(37)41(60)25-46/h13-16,24,26-27,34H,3-12,17-23,25,28-29H2,1-2H3,(H,47,58)(H,48,59)(H,50,51,52). The molecule has 0 bridgehead atoms. The van der Waals surface area contributed by atoms with Crippen molar-refractivity contribution in [3.63, 3.8) is 0 Å². The van der Waals surface area contributed by atoms with E-state index in [2.05, 4.69) is 30.7 Å². The summed E-state index contributed by atoms with van der Waals surface area (Å²) in [7, 11) is 0. The molecule has 1 aliphatic carbocycles. The third-order valence-electron chi connectivity index (χ3n) is 12.0. The predicted molar refractivity (Wildman–Crippen MR) is 240 cm³/mol. The summed E-state index contributed by atoms with van der Waals surface area (Å²) < 4.78 is 7.42. The van der Waals surface area contributed by atoms with Crippen molar-refractivity contribution < 1.29 is 23.9 Å². The Bertz CT molecular complexity index is 2310. The molecule has 3 aromatic heterocycles. The Kier molecular flexibility index (Phi) is 15.0. The summed E-state index contributed by atoms with van der Waals surface area (Å²) in [5.74, 6) is 1.21. The Balaban J connectivity index is 0.766. The van der Waals surface area contributed by atoms with Gasteiger partial charge in [0.1, 0.15) is 23.1 Å². The SMILES string of the molecule is CC(=O)c1c(C)c2cnc(Nc3ccc(N4CCN(CC(=O)NCCCCCCNC(=O)COc5ccc6c(c5)CCCN6C(=O)CCl)CC4)nc3)nc2n(C2CCCC2)c1=O. The molecule has 0 atom stereocenters. The number of unbranched alkanes of at least 4 members (excludes halogenated alkanes) is 3. The zero-order valence-corrected chi connectivity index (χ0v) is 36.5. The van der Waals surface area contributed by atoms with Gasteiger partial charge in [0.05, 0.1) is 24.0 Å². The summed E-state index contributed by atoms with van der Waals surface area (Å²) in [6.07, 6.45) is 12.6. The van der Waals surface area contributed by atoms with Crippen LogP contribution in [0.2, 0.25) is 0 Å². The number of benzene rings is 1. The van der Waals surface area contributed by atoms with E-state index in [0.29, 0.717) is 60.2 Å². The second kappa shape index (κ2) is 21.0. The zero-order chi connectivity index (χ0) is 43.6. The minimum atomic E-state index is -0.279. The van der Waals surface area contributed by atoms with E-state index in [1.165, 1.54) is 6.92 Å². The number of hydrogen-bond acceptors (Lipinski definition) is 12. The molecule has 62 heavy (non-hydrogen) atoms. The van der Waals surface area contributed by atoms with Crippen molar-refractivity contribution in [3.8, 4) is 5.75 Å². The quantitative estimate of drug-likeness (QED) is 0.0687. The second-order valence-electron chi connectivity index (χ2n) is 16.4. The maximum absolute atomic E-state index is 13.6. The van der Waals surface area contributed by atoms with E-state index >= 15 is 0 Å². The van der Waals surface area contributed by atoms with Gasteiger partial charge in [-0.05, 0) is 93.8 Å². The molecule has 1 saturated heterocycles. The van der Waals surface area contributed by atoms with Crippen LogP contribution in [0.15, 0.2) is 47.5 Å². The van der Waals surface area contributed by atoms with Crippen LogP contribution >= 0.6 is 11.6 Å². The number of carbonyl (C=O) groups is 4. The molecule has 5 heterocycles. The van der Waals surface area contributed by atoms with E-state index in [1.807, 2.05) is 24.3 Å². The van der Waals surface area contributed by atoms with Crippen molar-refractivity contribution in [2.75, 3.05) is 80.0 Å². The molecule has 3 N–H and O–H groups in total. The molecule has 4 aromatic rings. The Hall–Kier alpha value is -5.61. The number of nitrogens with one attached hydrogen (secondary N) is 3. The highest BCUT2D eigenvalue weighted by Crippen LogP contribution is 2.33. The van der Waals surface area contributed by atoms with E-state index in [9.17, 15) is 24.0 Å². The molecule has 3 amide bonds. The van der Waals surface area contributed by atoms with Crippen LogP contribution in [0.25, 0.3) is 11.0 Å². The number of aromatic nitrogens is 4. The smallest absolute Gasteiger partial charge is 0.263 e. The van der Waals surface area contributed by atoms with E-state index in [-0.39, 0.29) is 53.2 Å². The third kappa shape index (κ3) is 10.9. The fourth-order valence-corrected chi connectivity index (χ4v) is 8.88. The van der Waals surface area contributed by atoms with Gasteiger partial charge in [0.15, 0.2) is 12.4 Å². The summed E-state index contributed by atoms with van der Waals surface area (Å²) in [6.45, 7) is 8.31. The summed E-state index contributed by atoms with van der Waals surface area (Å²) in [5, 5.41) is 9.89. The predicted octanol–water partition coefficient (Wildman–Crippen LogP) is 5.07. The van der Waals surface area contributed by atoms with Crippen LogP contribution in [0.4, 0.5) is 23.1 Å². The molecule has 7 rings (SSSR count). The lowest BCUT2D eigenvalue weighted by Gasteiger charge is -2.35. The first-order chi connectivity index (χ1) is 30.1. The number of piperazine rings is 1. The Morgan fingerprint density at radius 2 is 1.61 bits per heavy atom. The Labute approximate surface area is 366 Å². The van der Waals surface area contributed by atoms with Gasteiger partial charge in [-0.3, -0.25) is 33.4 Å². The Morgan fingerprint density at radius 1 is 0.871 bits per heavy atom. The minimum absolute atomic E-state index is 0.00493. The van der Waals surface area contributed by atoms with Crippen LogP contribution in [-0.4, -0.2) is 113 Å². The average Bonchev–Trinajstić information content (AvgIpc) is 3.81. The summed E-state index contributed by atoms with van der Waals surface area (Å²) in [5.41, 5.74) is 3.66. The molecule has 2 fully saturated rings. The van der Waals surface area contributed by atoms with Gasteiger partial charge in [-0.2, -0.15) is 4.98 Å². The number of nitrogens with zero attached hydrogens (tertiary/aromatic N) is 7. The normalized spacial score (nSPS) is 15.7. The van der Waals surface area contributed by atoms with Crippen molar-refractivity contribution in [2.45, 2.75) is 84.1 Å². The number of hydrogen-bond donors (Lipinski definition) is 3. The maximum Gasteiger partial charge on any atom is 0.263 e. The van der Waals surface area contributed by atoms with Crippen LogP contribution < -0.4 is 36.0 Å². The number of halogens is 1. The van der Waals surface area contributed by atoms with Gasteiger partial charge in [-0.15, -0.1) is 11.6 Å². The fraction of sp³-hybridized carbons (Fsp3) is 0.511. The molecule has 0 unspecified atom stereocenters. The van der Waals surface area contributed by atoms with Crippen molar-refractivity contribution >= 4 is 69.3 Å². The van der Waals surface area contributed by atoms with Crippen LogP contribution in [0.3, 0.4) is 0 Å². The number of aryl methyl sites for hydroxylation is 2. The van der Waals surface area contributed by atoms with Gasteiger partial charge in [-0.25, -0.2) is 9.97 Å². The molecular weight excluding hydrogens is 812 g/mol. The number of carbonyl (C=O) groups excluding carboxylic acids is 4. The number of pyridine rings is 2. The lowest BCUT2D eigenvalue weighted by molar-refractivity contribution is -0.123.